The van der Waals surface area contributed by atoms with Crippen LogP contribution in [-0.2, 0) is 13.0 Å². The summed E-state index contributed by atoms with van der Waals surface area (Å²) in [6, 6.07) is 12.0. The Balaban J connectivity index is 1.66. The van der Waals surface area contributed by atoms with Crippen LogP contribution in [0.2, 0.25) is 0 Å². The van der Waals surface area contributed by atoms with E-state index in [1.165, 1.54) is 12.1 Å². The van der Waals surface area contributed by atoms with E-state index in [4.69, 9.17) is 5.10 Å². The van der Waals surface area contributed by atoms with Gasteiger partial charge in [0.2, 0.25) is 0 Å². The second-order valence-electron chi connectivity index (χ2n) is 6.61. The van der Waals surface area contributed by atoms with Crippen molar-refractivity contribution in [1.82, 2.24) is 14.8 Å². The Labute approximate surface area is 162 Å². The predicted octanol–water partition coefficient (Wildman–Crippen LogP) is 5.67. The number of benzene rings is 2. The molecule has 2 aromatic heterocycles. The van der Waals surface area contributed by atoms with E-state index in [0.717, 1.165) is 46.4 Å². The van der Waals surface area contributed by atoms with Gasteiger partial charge in [-0.3, -0.25) is 4.68 Å². The first-order chi connectivity index (χ1) is 13.5. The Morgan fingerprint density at radius 2 is 1.96 bits per heavy atom. The highest BCUT2D eigenvalue weighted by atomic mass is 32.1. The van der Waals surface area contributed by atoms with Gasteiger partial charge in [0.1, 0.15) is 11.4 Å². The summed E-state index contributed by atoms with van der Waals surface area (Å²) < 4.78 is 45.0. The van der Waals surface area contributed by atoms with E-state index in [2.05, 4.69) is 15.8 Å². The van der Waals surface area contributed by atoms with E-state index in [1.807, 2.05) is 16.8 Å². The van der Waals surface area contributed by atoms with Crippen LogP contribution in [0.15, 0.2) is 48.0 Å². The van der Waals surface area contributed by atoms with Crippen LogP contribution in [-0.4, -0.2) is 21.1 Å². The zero-order valence-corrected chi connectivity index (χ0v) is 15.3. The third-order valence-electron chi connectivity index (χ3n) is 4.80. The summed E-state index contributed by atoms with van der Waals surface area (Å²) >= 11 is 1.56. The van der Waals surface area contributed by atoms with Crippen molar-refractivity contribution >= 4 is 21.6 Å². The number of thiazole rings is 1. The molecule has 142 valence electrons. The molecule has 0 atom stereocenters. The summed E-state index contributed by atoms with van der Waals surface area (Å²) in [7, 11) is 0. The largest absolute Gasteiger partial charge is 0.573 e. The molecule has 0 N–H and O–H groups in total. The summed E-state index contributed by atoms with van der Waals surface area (Å²) in [4.78, 5) is 4.31. The first kappa shape index (κ1) is 17.2. The third kappa shape index (κ3) is 3.03. The highest BCUT2D eigenvalue weighted by molar-refractivity contribution is 7.16. The maximum Gasteiger partial charge on any atom is 0.573 e. The van der Waals surface area contributed by atoms with Crippen molar-refractivity contribution in [2.75, 3.05) is 0 Å². The molecule has 0 radical (unpaired) electrons. The molecule has 0 bridgehead atoms. The van der Waals surface area contributed by atoms with Crippen LogP contribution in [0.4, 0.5) is 13.2 Å². The molecule has 2 aromatic carbocycles. The van der Waals surface area contributed by atoms with Gasteiger partial charge in [0.05, 0.1) is 15.7 Å². The fourth-order valence-corrected chi connectivity index (χ4v) is 4.40. The second kappa shape index (κ2) is 6.34. The van der Waals surface area contributed by atoms with Gasteiger partial charge >= 0.3 is 6.36 Å². The Bertz CT molecular complexity index is 1180. The fraction of sp³-hybridized carbons (Fsp3) is 0.200. The number of fused-ring (bicyclic) bond motifs is 2. The second-order valence-corrected chi connectivity index (χ2v) is 7.49. The molecule has 4 aromatic rings. The molecule has 8 heteroatoms. The number of hydrogen-bond donors (Lipinski definition) is 0. The van der Waals surface area contributed by atoms with E-state index < -0.39 is 6.36 Å². The first-order valence-corrected chi connectivity index (χ1v) is 9.65. The Morgan fingerprint density at radius 3 is 2.82 bits per heavy atom. The van der Waals surface area contributed by atoms with Crippen LogP contribution < -0.4 is 4.74 Å². The van der Waals surface area contributed by atoms with Crippen molar-refractivity contribution in [3.05, 3.63) is 53.7 Å². The van der Waals surface area contributed by atoms with Gasteiger partial charge < -0.3 is 4.74 Å². The van der Waals surface area contributed by atoms with Crippen LogP contribution in [0.25, 0.3) is 32.6 Å². The van der Waals surface area contributed by atoms with Crippen LogP contribution in [0.3, 0.4) is 0 Å². The van der Waals surface area contributed by atoms with Crippen LogP contribution in [0, 0.1) is 0 Å². The number of aryl methyl sites for hydroxylation is 1. The molecule has 3 heterocycles. The van der Waals surface area contributed by atoms with Gasteiger partial charge in [-0.05, 0) is 42.7 Å². The molecule has 5 rings (SSSR count). The van der Waals surface area contributed by atoms with Gasteiger partial charge in [-0.2, -0.15) is 5.10 Å². The van der Waals surface area contributed by atoms with Crippen LogP contribution in [0.5, 0.6) is 5.75 Å². The zero-order chi connectivity index (χ0) is 19.3. The van der Waals surface area contributed by atoms with Gasteiger partial charge in [-0.15, -0.1) is 24.5 Å². The molecule has 0 spiro atoms. The molecule has 1 aliphatic rings. The molecule has 1 aliphatic heterocycles. The van der Waals surface area contributed by atoms with E-state index in [1.54, 1.807) is 29.0 Å². The standard InChI is InChI=1S/C20H14F3N3OS/c21-20(22,23)27-14-4-1-3-13(9-14)19-18(16-5-2-8-26(16)25-19)12-6-7-15-17(10-12)28-11-24-15/h1,3-4,6-7,9-11H,2,5,8H2. The minimum Gasteiger partial charge on any atom is -0.406 e. The number of halogens is 3. The van der Waals surface area contributed by atoms with Crippen molar-refractivity contribution in [3.63, 3.8) is 0 Å². The average Bonchev–Trinajstić information content (AvgIpc) is 3.35. The molecule has 4 nitrogen and oxygen atoms in total. The number of hydrogen-bond acceptors (Lipinski definition) is 4. The SMILES string of the molecule is FC(F)(F)Oc1cccc(-c2nn3c(c2-c2ccc4ncsc4c2)CCC3)c1. The number of ether oxygens (including phenoxy) is 1. The summed E-state index contributed by atoms with van der Waals surface area (Å²) in [5.74, 6) is -0.248. The number of aromatic nitrogens is 3. The lowest BCUT2D eigenvalue weighted by Crippen LogP contribution is -2.17. The number of nitrogens with zero attached hydrogens (tertiary/aromatic N) is 3. The molecule has 0 saturated carbocycles. The molecule has 0 aliphatic carbocycles. The van der Waals surface area contributed by atoms with Gasteiger partial charge in [-0.1, -0.05) is 18.2 Å². The topological polar surface area (TPSA) is 39.9 Å². The molecule has 28 heavy (non-hydrogen) atoms. The predicted molar refractivity (Wildman–Crippen MR) is 101 cm³/mol. The van der Waals surface area contributed by atoms with Crippen molar-refractivity contribution in [1.29, 1.82) is 0 Å². The van der Waals surface area contributed by atoms with E-state index in [9.17, 15) is 13.2 Å². The summed E-state index contributed by atoms with van der Waals surface area (Å²) in [6.45, 7) is 0.809. The van der Waals surface area contributed by atoms with Gasteiger partial charge in [0.25, 0.3) is 0 Å². The molecule has 0 fully saturated rings. The lowest BCUT2D eigenvalue weighted by atomic mass is 9.97. The summed E-state index contributed by atoms with van der Waals surface area (Å²) in [5, 5.41) is 4.71. The molecule has 0 unspecified atom stereocenters. The van der Waals surface area contributed by atoms with Crippen molar-refractivity contribution in [2.24, 2.45) is 0 Å². The van der Waals surface area contributed by atoms with Gasteiger partial charge in [-0.25, -0.2) is 4.98 Å². The van der Waals surface area contributed by atoms with Gasteiger partial charge in [0.15, 0.2) is 0 Å². The third-order valence-corrected chi connectivity index (χ3v) is 5.59. The fourth-order valence-electron chi connectivity index (χ4n) is 3.69. The van der Waals surface area contributed by atoms with Crippen LogP contribution >= 0.6 is 11.3 Å². The highest BCUT2D eigenvalue weighted by Gasteiger charge is 2.31. The molecular weight excluding hydrogens is 387 g/mol. The lowest BCUT2D eigenvalue weighted by Gasteiger charge is -2.10. The summed E-state index contributed by atoms with van der Waals surface area (Å²) in [6.07, 6.45) is -2.83. The number of rotatable bonds is 3. The Hall–Kier alpha value is -2.87. The highest BCUT2D eigenvalue weighted by Crippen LogP contribution is 2.40. The van der Waals surface area contributed by atoms with E-state index in [-0.39, 0.29) is 5.75 Å². The minimum atomic E-state index is -4.73. The van der Waals surface area contributed by atoms with E-state index in [0.29, 0.717) is 11.3 Å². The van der Waals surface area contributed by atoms with Crippen molar-refractivity contribution < 1.29 is 17.9 Å². The monoisotopic (exact) mass is 401 g/mol. The molecule has 0 saturated heterocycles. The van der Waals surface area contributed by atoms with Crippen molar-refractivity contribution in [3.8, 4) is 28.1 Å². The summed E-state index contributed by atoms with van der Waals surface area (Å²) in [5.41, 5.74) is 7.08. The maximum absolute atomic E-state index is 12.6. The Kier molecular flexibility index (Phi) is 3.90. The average molecular weight is 401 g/mol. The van der Waals surface area contributed by atoms with E-state index >= 15 is 0 Å². The molecular formula is C20H14F3N3OS. The zero-order valence-electron chi connectivity index (χ0n) is 14.5. The molecule has 0 amide bonds. The number of alkyl halides is 3. The quantitative estimate of drug-likeness (QED) is 0.444. The maximum atomic E-state index is 12.6. The smallest absolute Gasteiger partial charge is 0.406 e. The van der Waals surface area contributed by atoms with Crippen molar-refractivity contribution in [2.45, 2.75) is 25.7 Å². The first-order valence-electron chi connectivity index (χ1n) is 8.77. The Morgan fingerprint density at radius 1 is 1.07 bits per heavy atom. The van der Waals surface area contributed by atoms with Gasteiger partial charge in [0, 0.05) is 23.4 Å². The minimum absolute atomic E-state index is 0.248. The normalized spacial score (nSPS) is 13.8. The lowest BCUT2D eigenvalue weighted by molar-refractivity contribution is -0.274. The van der Waals surface area contributed by atoms with Crippen LogP contribution in [0.1, 0.15) is 12.1 Å².